The number of thiophene rings is 1. The van der Waals surface area contributed by atoms with Crippen LogP contribution in [0.3, 0.4) is 0 Å². The van der Waals surface area contributed by atoms with Gasteiger partial charge < -0.3 is 4.74 Å². The Hall–Kier alpha value is -1.30. The molecule has 122 valence electrons. The van der Waals surface area contributed by atoms with Crippen LogP contribution in [-0.4, -0.2) is 34.1 Å². The molecule has 0 aromatic carbocycles. The minimum atomic E-state index is 0.148. The van der Waals surface area contributed by atoms with Crippen LogP contribution in [0, 0.1) is 19.8 Å². The molecule has 2 saturated heterocycles. The summed E-state index contributed by atoms with van der Waals surface area (Å²) in [5.41, 5.74) is 2.46. The van der Waals surface area contributed by atoms with Gasteiger partial charge in [0.25, 0.3) is 0 Å². The molecule has 0 aliphatic carbocycles. The van der Waals surface area contributed by atoms with Crippen LogP contribution in [0.4, 0.5) is 0 Å². The molecule has 0 amide bonds. The van der Waals surface area contributed by atoms with Crippen LogP contribution in [0.2, 0.25) is 0 Å². The molecule has 0 radical (unpaired) electrons. The SMILES string of the molecule is Cc1nccc([C@@H]2C[C@@H]3CCN(Cc4sccc4C)C[C@H]3O2)n1. The second-order valence-electron chi connectivity index (χ2n) is 6.74. The molecular weight excluding hydrogens is 306 g/mol. The summed E-state index contributed by atoms with van der Waals surface area (Å²) in [5.74, 6) is 1.51. The Morgan fingerprint density at radius 3 is 3.04 bits per heavy atom. The predicted octanol–water partition coefficient (Wildman–Crippen LogP) is 3.51. The molecule has 5 heteroatoms. The molecule has 23 heavy (non-hydrogen) atoms. The van der Waals surface area contributed by atoms with Crippen molar-refractivity contribution in [1.82, 2.24) is 14.9 Å². The molecule has 4 heterocycles. The number of nitrogens with zero attached hydrogens (tertiary/aromatic N) is 3. The first-order valence-corrected chi connectivity index (χ1v) is 9.27. The Bertz CT molecular complexity index is 686. The van der Waals surface area contributed by atoms with Gasteiger partial charge in [-0.25, -0.2) is 9.97 Å². The third-order valence-corrected chi connectivity index (χ3v) is 6.11. The minimum absolute atomic E-state index is 0.148. The lowest BCUT2D eigenvalue weighted by molar-refractivity contribution is -0.0105. The maximum atomic E-state index is 6.36. The van der Waals surface area contributed by atoms with Crippen LogP contribution in [0.25, 0.3) is 0 Å². The van der Waals surface area contributed by atoms with Crippen molar-refractivity contribution >= 4 is 11.3 Å². The number of hydrogen-bond donors (Lipinski definition) is 0. The van der Waals surface area contributed by atoms with Crippen LogP contribution >= 0.6 is 11.3 Å². The number of fused-ring (bicyclic) bond motifs is 1. The molecule has 0 bridgehead atoms. The number of aromatic nitrogens is 2. The van der Waals surface area contributed by atoms with Crippen molar-refractivity contribution < 1.29 is 4.74 Å². The molecule has 2 aliphatic rings. The lowest BCUT2D eigenvalue weighted by atomic mass is 9.91. The average molecular weight is 329 g/mol. The average Bonchev–Trinajstić information content (AvgIpc) is 3.14. The van der Waals surface area contributed by atoms with Crippen LogP contribution in [0.5, 0.6) is 0 Å². The van der Waals surface area contributed by atoms with Crippen LogP contribution in [0.15, 0.2) is 23.7 Å². The Labute approximate surface area is 141 Å². The van der Waals surface area contributed by atoms with Gasteiger partial charge in [-0.2, -0.15) is 0 Å². The zero-order valence-corrected chi connectivity index (χ0v) is 14.6. The highest BCUT2D eigenvalue weighted by atomic mass is 32.1. The summed E-state index contributed by atoms with van der Waals surface area (Å²) in [4.78, 5) is 12.8. The third-order valence-electron chi connectivity index (χ3n) is 5.10. The van der Waals surface area contributed by atoms with E-state index >= 15 is 0 Å². The van der Waals surface area contributed by atoms with E-state index in [9.17, 15) is 0 Å². The van der Waals surface area contributed by atoms with Crippen LogP contribution < -0.4 is 0 Å². The summed E-state index contributed by atoms with van der Waals surface area (Å²) in [5, 5.41) is 2.19. The predicted molar refractivity (Wildman–Crippen MR) is 91.4 cm³/mol. The van der Waals surface area contributed by atoms with Gasteiger partial charge in [-0.15, -0.1) is 11.3 Å². The molecule has 0 saturated carbocycles. The number of piperidine rings is 1. The van der Waals surface area contributed by atoms with Gasteiger partial charge >= 0.3 is 0 Å². The molecule has 0 unspecified atom stereocenters. The second-order valence-corrected chi connectivity index (χ2v) is 7.74. The van der Waals surface area contributed by atoms with E-state index in [0.29, 0.717) is 12.0 Å². The molecule has 4 nitrogen and oxygen atoms in total. The third kappa shape index (κ3) is 3.18. The maximum Gasteiger partial charge on any atom is 0.125 e. The van der Waals surface area contributed by atoms with E-state index in [2.05, 4.69) is 33.2 Å². The van der Waals surface area contributed by atoms with E-state index in [1.165, 1.54) is 23.4 Å². The molecule has 3 atom stereocenters. The van der Waals surface area contributed by atoms with Gasteiger partial charge in [-0.1, -0.05) is 0 Å². The van der Waals surface area contributed by atoms with Gasteiger partial charge in [0.05, 0.1) is 11.8 Å². The summed E-state index contributed by atoms with van der Waals surface area (Å²) in [7, 11) is 0. The number of aryl methyl sites for hydroxylation is 2. The van der Waals surface area contributed by atoms with Crippen molar-refractivity contribution in [1.29, 1.82) is 0 Å². The monoisotopic (exact) mass is 329 g/mol. The van der Waals surface area contributed by atoms with E-state index in [1.54, 1.807) is 0 Å². The van der Waals surface area contributed by atoms with Crippen molar-refractivity contribution in [2.75, 3.05) is 13.1 Å². The van der Waals surface area contributed by atoms with Crippen molar-refractivity contribution in [3.8, 4) is 0 Å². The van der Waals surface area contributed by atoms with E-state index in [1.807, 2.05) is 30.5 Å². The lowest BCUT2D eigenvalue weighted by Crippen LogP contribution is -2.41. The Morgan fingerprint density at radius 2 is 2.26 bits per heavy atom. The van der Waals surface area contributed by atoms with E-state index in [-0.39, 0.29) is 6.10 Å². The molecule has 2 fully saturated rings. The van der Waals surface area contributed by atoms with Crippen molar-refractivity contribution in [3.05, 3.63) is 45.7 Å². The van der Waals surface area contributed by atoms with E-state index in [4.69, 9.17) is 4.74 Å². The molecule has 0 N–H and O–H groups in total. The Morgan fingerprint density at radius 1 is 1.35 bits per heavy atom. The number of ether oxygens (including phenoxy) is 1. The molecule has 0 spiro atoms. The van der Waals surface area contributed by atoms with Crippen LogP contribution in [-0.2, 0) is 11.3 Å². The summed E-state index contributed by atoms with van der Waals surface area (Å²) in [6.45, 7) is 7.43. The highest BCUT2D eigenvalue weighted by Gasteiger charge is 2.40. The van der Waals surface area contributed by atoms with Crippen molar-refractivity contribution in [3.63, 3.8) is 0 Å². The van der Waals surface area contributed by atoms with Crippen LogP contribution in [0.1, 0.15) is 40.9 Å². The Kier molecular flexibility index (Phi) is 4.18. The second kappa shape index (κ2) is 6.30. The number of rotatable bonds is 3. The van der Waals surface area contributed by atoms with Gasteiger partial charge in [0, 0.05) is 24.2 Å². The summed E-state index contributed by atoms with van der Waals surface area (Å²) < 4.78 is 6.36. The van der Waals surface area contributed by atoms with Gasteiger partial charge in [0.15, 0.2) is 0 Å². The van der Waals surface area contributed by atoms with Crippen molar-refractivity contribution in [2.24, 2.45) is 5.92 Å². The molecule has 2 aromatic heterocycles. The summed E-state index contributed by atoms with van der Waals surface area (Å²) >= 11 is 1.87. The Balaban J connectivity index is 1.41. The summed E-state index contributed by atoms with van der Waals surface area (Å²) in [6, 6.07) is 4.22. The zero-order chi connectivity index (χ0) is 15.8. The fourth-order valence-corrected chi connectivity index (χ4v) is 4.70. The van der Waals surface area contributed by atoms with Gasteiger partial charge in [0.2, 0.25) is 0 Å². The van der Waals surface area contributed by atoms with E-state index in [0.717, 1.165) is 31.0 Å². The molecular formula is C18H23N3OS. The minimum Gasteiger partial charge on any atom is -0.367 e. The standard InChI is InChI=1S/C18H23N3OS/c1-12-5-8-23-18(12)11-21-7-4-14-9-16(22-17(14)10-21)15-3-6-19-13(2)20-15/h3,5-6,8,14,16-17H,4,7,9-11H2,1-2H3/t14-,16-,17+/m0/s1. The fourth-order valence-electron chi connectivity index (χ4n) is 3.75. The van der Waals surface area contributed by atoms with E-state index < -0.39 is 0 Å². The van der Waals surface area contributed by atoms with Gasteiger partial charge in [-0.05, 0) is 62.2 Å². The first kappa shape index (κ1) is 15.2. The number of hydrogen-bond acceptors (Lipinski definition) is 5. The normalized spacial score (nSPS) is 28.0. The fraction of sp³-hybridized carbons (Fsp3) is 0.556. The first-order chi connectivity index (χ1) is 11.2. The maximum absolute atomic E-state index is 6.36. The topological polar surface area (TPSA) is 38.2 Å². The highest BCUT2D eigenvalue weighted by Crippen LogP contribution is 2.40. The zero-order valence-electron chi connectivity index (χ0n) is 13.7. The van der Waals surface area contributed by atoms with Gasteiger partial charge in [-0.3, -0.25) is 4.90 Å². The molecule has 2 aromatic rings. The lowest BCUT2D eigenvalue weighted by Gasteiger charge is -2.33. The molecule has 2 aliphatic heterocycles. The largest absolute Gasteiger partial charge is 0.367 e. The smallest absolute Gasteiger partial charge is 0.125 e. The number of likely N-dealkylation sites (tertiary alicyclic amines) is 1. The first-order valence-electron chi connectivity index (χ1n) is 8.39. The highest BCUT2D eigenvalue weighted by molar-refractivity contribution is 7.10. The van der Waals surface area contributed by atoms with Gasteiger partial charge in [0.1, 0.15) is 11.9 Å². The molecule has 4 rings (SSSR count). The quantitative estimate of drug-likeness (QED) is 0.864. The summed E-state index contributed by atoms with van der Waals surface area (Å²) in [6.07, 6.45) is 4.68. The van der Waals surface area contributed by atoms with Crippen molar-refractivity contribution in [2.45, 2.75) is 45.4 Å².